The Hall–Kier alpha value is -1.24. The average Bonchev–Trinajstić information content (AvgIpc) is 2.16. The van der Waals surface area contributed by atoms with Gasteiger partial charge in [0.2, 0.25) is 0 Å². The van der Waals surface area contributed by atoms with E-state index in [4.69, 9.17) is 5.73 Å². The van der Waals surface area contributed by atoms with Crippen molar-refractivity contribution in [2.24, 2.45) is 0 Å². The lowest BCUT2D eigenvalue weighted by Gasteiger charge is -2.09. The van der Waals surface area contributed by atoms with Crippen molar-refractivity contribution in [2.45, 2.75) is 6.43 Å². The molecule has 0 bridgehead atoms. The predicted molar refractivity (Wildman–Crippen MR) is 52.6 cm³/mol. The van der Waals surface area contributed by atoms with E-state index in [2.05, 4.69) is 25.7 Å². The Morgan fingerprint density at radius 1 is 1.67 bits per heavy atom. The molecule has 1 aromatic rings. The van der Waals surface area contributed by atoms with Gasteiger partial charge in [0.15, 0.2) is 5.69 Å². The van der Waals surface area contributed by atoms with Crippen LogP contribution in [0.25, 0.3) is 0 Å². The molecule has 0 atom stereocenters. The highest BCUT2D eigenvalue weighted by Gasteiger charge is 2.22. The summed E-state index contributed by atoms with van der Waals surface area (Å²) in [5, 5.41) is 0. The number of hydrogen-bond donors (Lipinski definition) is 1. The molecule has 0 aliphatic rings. The third-order valence-electron chi connectivity index (χ3n) is 1.69. The number of carbonyl (C=O) groups excluding carboxylic acids is 1. The molecule has 15 heavy (non-hydrogen) atoms. The third kappa shape index (κ3) is 2.23. The number of esters is 1. The van der Waals surface area contributed by atoms with E-state index < -0.39 is 18.0 Å². The maximum absolute atomic E-state index is 12.5. The maximum Gasteiger partial charge on any atom is 0.357 e. The molecule has 0 fully saturated rings. The minimum atomic E-state index is -2.79. The van der Waals surface area contributed by atoms with Crippen LogP contribution in [-0.2, 0) is 4.74 Å². The number of nitrogens with two attached hydrogens (primary N) is 1. The van der Waals surface area contributed by atoms with Gasteiger partial charge >= 0.3 is 5.97 Å². The number of ether oxygens (including phenoxy) is 1. The number of rotatable bonds is 2. The summed E-state index contributed by atoms with van der Waals surface area (Å²) in [4.78, 5) is 14.7. The SMILES string of the molecule is COC(=O)c1ncc(N)c(C(F)F)c1Br. The summed E-state index contributed by atoms with van der Waals surface area (Å²) in [6.07, 6.45) is -1.79. The normalized spacial score (nSPS) is 10.5. The summed E-state index contributed by atoms with van der Waals surface area (Å²) < 4.78 is 29.3. The molecule has 2 N–H and O–H groups in total. The van der Waals surface area contributed by atoms with E-state index >= 15 is 0 Å². The molecule has 0 radical (unpaired) electrons. The molecule has 7 heteroatoms. The van der Waals surface area contributed by atoms with Gasteiger partial charge in [0.1, 0.15) is 0 Å². The molecule has 0 aliphatic carbocycles. The second-order valence-electron chi connectivity index (χ2n) is 2.58. The van der Waals surface area contributed by atoms with Crippen molar-refractivity contribution in [3.05, 3.63) is 21.9 Å². The van der Waals surface area contributed by atoms with Crippen LogP contribution in [0.1, 0.15) is 22.5 Å². The van der Waals surface area contributed by atoms with Gasteiger partial charge in [-0.25, -0.2) is 18.6 Å². The molecule has 4 nitrogen and oxygen atoms in total. The number of methoxy groups -OCH3 is 1. The van der Waals surface area contributed by atoms with Crippen LogP contribution in [0.15, 0.2) is 10.7 Å². The van der Waals surface area contributed by atoms with Crippen molar-refractivity contribution in [1.82, 2.24) is 4.98 Å². The Kier molecular flexibility index (Phi) is 3.57. The van der Waals surface area contributed by atoms with Crippen LogP contribution in [0, 0.1) is 0 Å². The summed E-state index contributed by atoms with van der Waals surface area (Å²) in [6.45, 7) is 0. The van der Waals surface area contributed by atoms with Crippen molar-refractivity contribution >= 4 is 27.6 Å². The molecule has 0 saturated carbocycles. The highest BCUT2D eigenvalue weighted by atomic mass is 79.9. The molecule has 1 rings (SSSR count). The van der Waals surface area contributed by atoms with E-state index in [0.717, 1.165) is 13.3 Å². The number of nitrogen functional groups attached to an aromatic ring is 1. The Morgan fingerprint density at radius 3 is 2.73 bits per heavy atom. The van der Waals surface area contributed by atoms with Crippen LogP contribution < -0.4 is 5.73 Å². The van der Waals surface area contributed by atoms with Gasteiger partial charge in [-0.15, -0.1) is 0 Å². The van der Waals surface area contributed by atoms with Gasteiger partial charge in [-0.3, -0.25) is 0 Å². The monoisotopic (exact) mass is 280 g/mol. The number of hydrogen-bond acceptors (Lipinski definition) is 4. The van der Waals surface area contributed by atoms with Gasteiger partial charge in [0.25, 0.3) is 6.43 Å². The number of halogens is 3. The van der Waals surface area contributed by atoms with E-state index in [1.807, 2.05) is 0 Å². The number of pyridine rings is 1. The van der Waals surface area contributed by atoms with Crippen molar-refractivity contribution in [3.63, 3.8) is 0 Å². The summed E-state index contributed by atoms with van der Waals surface area (Å²) in [6, 6.07) is 0. The summed E-state index contributed by atoms with van der Waals surface area (Å²) in [7, 11) is 1.13. The molecule has 0 saturated heterocycles. The van der Waals surface area contributed by atoms with Crippen molar-refractivity contribution in [3.8, 4) is 0 Å². The number of aromatic nitrogens is 1. The first-order valence-electron chi connectivity index (χ1n) is 3.79. The number of carbonyl (C=O) groups is 1. The van der Waals surface area contributed by atoms with Crippen molar-refractivity contribution in [2.75, 3.05) is 12.8 Å². The highest BCUT2D eigenvalue weighted by molar-refractivity contribution is 9.10. The molecule has 1 heterocycles. The van der Waals surface area contributed by atoms with Crippen LogP contribution in [0.4, 0.5) is 14.5 Å². The van der Waals surface area contributed by atoms with Gasteiger partial charge in [-0.1, -0.05) is 0 Å². The van der Waals surface area contributed by atoms with Crippen LogP contribution in [0.2, 0.25) is 0 Å². The standard InChI is InChI=1S/C8H7BrF2N2O2/c1-15-8(14)6-5(9)4(7(10)11)3(12)2-13-6/h2,7H,12H2,1H3. The van der Waals surface area contributed by atoms with E-state index in [1.54, 1.807) is 0 Å². The lowest BCUT2D eigenvalue weighted by Crippen LogP contribution is -2.09. The van der Waals surface area contributed by atoms with E-state index in [0.29, 0.717) is 0 Å². The van der Waals surface area contributed by atoms with Gasteiger partial charge in [0, 0.05) is 0 Å². The van der Waals surface area contributed by atoms with Crippen molar-refractivity contribution in [1.29, 1.82) is 0 Å². The topological polar surface area (TPSA) is 65.2 Å². The Bertz CT molecular complexity index is 398. The zero-order chi connectivity index (χ0) is 11.6. The quantitative estimate of drug-likeness (QED) is 0.843. The molecule has 82 valence electrons. The molecule has 0 aliphatic heterocycles. The van der Waals surface area contributed by atoms with Gasteiger partial charge in [-0.05, 0) is 15.9 Å². The molecule has 0 aromatic carbocycles. The molecular formula is C8H7BrF2N2O2. The first-order valence-corrected chi connectivity index (χ1v) is 4.58. The van der Waals surface area contributed by atoms with E-state index in [9.17, 15) is 13.6 Å². The van der Waals surface area contributed by atoms with Crippen LogP contribution in [-0.4, -0.2) is 18.1 Å². The van der Waals surface area contributed by atoms with Gasteiger partial charge in [0.05, 0.1) is 29.0 Å². The van der Waals surface area contributed by atoms with Gasteiger partial charge in [-0.2, -0.15) is 0 Å². The largest absolute Gasteiger partial charge is 0.464 e. The molecular weight excluding hydrogens is 274 g/mol. The van der Waals surface area contributed by atoms with Crippen molar-refractivity contribution < 1.29 is 18.3 Å². The predicted octanol–water partition coefficient (Wildman–Crippen LogP) is 2.15. The van der Waals surface area contributed by atoms with Gasteiger partial charge < -0.3 is 10.5 Å². The Labute approximate surface area is 92.6 Å². The Morgan fingerprint density at radius 2 is 2.27 bits per heavy atom. The van der Waals surface area contributed by atoms with Crippen LogP contribution >= 0.6 is 15.9 Å². The molecule has 1 aromatic heterocycles. The first-order chi connectivity index (χ1) is 6.99. The summed E-state index contributed by atoms with van der Waals surface area (Å²) in [5.41, 5.74) is 4.46. The lowest BCUT2D eigenvalue weighted by atomic mass is 10.2. The number of alkyl halides is 2. The molecule has 0 unspecified atom stereocenters. The number of nitrogens with zero attached hydrogens (tertiary/aromatic N) is 1. The second kappa shape index (κ2) is 4.52. The fraction of sp³-hybridized carbons (Fsp3) is 0.250. The summed E-state index contributed by atoms with van der Waals surface area (Å²) in [5.74, 6) is -0.802. The van der Waals surface area contributed by atoms with E-state index in [-0.39, 0.29) is 15.9 Å². The molecule has 0 amide bonds. The zero-order valence-corrected chi connectivity index (χ0v) is 9.22. The summed E-state index contributed by atoms with van der Waals surface area (Å²) >= 11 is 2.85. The van der Waals surface area contributed by atoms with Crippen LogP contribution in [0.3, 0.4) is 0 Å². The van der Waals surface area contributed by atoms with Crippen LogP contribution in [0.5, 0.6) is 0 Å². The maximum atomic E-state index is 12.5. The smallest absolute Gasteiger partial charge is 0.357 e. The van der Waals surface area contributed by atoms with E-state index in [1.165, 1.54) is 0 Å². The minimum Gasteiger partial charge on any atom is -0.464 e. The molecule has 0 spiro atoms. The third-order valence-corrected chi connectivity index (χ3v) is 2.49. The minimum absolute atomic E-state index is 0.135. The fourth-order valence-electron chi connectivity index (χ4n) is 0.975. The lowest BCUT2D eigenvalue weighted by molar-refractivity contribution is 0.0592. The first kappa shape index (κ1) is 11.8. The second-order valence-corrected chi connectivity index (χ2v) is 3.38. The Balaban J connectivity index is 3.35. The fourth-order valence-corrected chi connectivity index (χ4v) is 1.64. The highest BCUT2D eigenvalue weighted by Crippen LogP contribution is 2.33. The average molecular weight is 281 g/mol. The zero-order valence-electron chi connectivity index (χ0n) is 7.63. The number of anilines is 1.